The van der Waals surface area contributed by atoms with Crippen molar-refractivity contribution in [2.75, 3.05) is 26.7 Å². The highest BCUT2D eigenvalue weighted by Crippen LogP contribution is 2.19. The number of likely N-dealkylation sites (N-methyl/N-ethyl adjacent to an activating group) is 2. The molecule has 23 heavy (non-hydrogen) atoms. The lowest BCUT2D eigenvalue weighted by atomic mass is 10.4. The van der Waals surface area contributed by atoms with Gasteiger partial charge in [-0.1, -0.05) is 15.9 Å². The molecule has 0 unspecified atom stereocenters. The lowest BCUT2D eigenvalue weighted by Crippen LogP contribution is -2.44. The average molecular weight is 417 g/mol. The third kappa shape index (κ3) is 5.78. The molecule has 5 nitrogen and oxygen atoms in total. The molecule has 0 radical (unpaired) electrons. The lowest BCUT2D eigenvalue weighted by Gasteiger charge is -2.25. The van der Waals surface area contributed by atoms with E-state index < -0.39 is 35.2 Å². The second-order valence-corrected chi connectivity index (χ2v) is 7.70. The van der Waals surface area contributed by atoms with Crippen LogP contribution in [0.1, 0.15) is 6.92 Å². The normalized spacial score (nSPS) is 12.5. The molecule has 0 bridgehead atoms. The maximum absolute atomic E-state index is 12.4. The molecule has 10 heteroatoms. The van der Waals surface area contributed by atoms with Crippen LogP contribution in [0.5, 0.6) is 0 Å². The number of alkyl halides is 3. The molecule has 0 aliphatic heterocycles. The minimum absolute atomic E-state index is 0.0464. The van der Waals surface area contributed by atoms with Crippen molar-refractivity contribution in [1.82, 2.24) is 9.21 Å². The first-order valence-corrected chi connectivity index (χ1v) is 8.77. The van der Waals surface area contributed by atoms with Crippen molar-refractivity contribution in [3.05, 3.63) is 28.7 Å². The Morgan fingerprint density at radius 2 is 1.74 bits per heavy atom. The molecule has 0 heterocycles. The monoisotopic (exact) mass is 416 g/mol. The average Bonchev–Trinajstić information content (AvgIpc) is 2.44. The van der Waals surface area contributed by atoms with E-state index in [0.29, 0.717) is 9.37 Å². The second-order valence-electron chi connectivity index (χ2n) is 4.74. The number of sulfonamides is 1. The van der Waals surface area contributed by atoms with Crippen molar-refractivity contribution in [3.63, 3.8) is 0 Å². The molecular weight excluding hydrogens is 401 g/mol. The van der Waals surface area contributed by atoms with Gasteiger partial charge in [-0.15, -0.1) is 0 Å². The zero-order chi connectivity index (χ0) is 17.8. The molecule has 0 aliphatic rings. The minimum Gasteiger partial charge on any atom is -0.333 e. The van der Waals surface area contributed by atoms with Crippen molar-refractivity contribution in [3.8, 4) is 0 Å². The molecule has 0 aromatic heterocycles. The number of carbonyl (C=O) groups excluding carboxylic acids is 1. The molecular formula is C13H16BrF3N2O3S. The number of amides is 1. The first-order valence-electron chi connectivity index (χ1n) is 6.54. The second kappa shape index (κ2) is 7.63. The molecule has 0 fully saturated rings. The SMILES string of the molecule is CCN(CC(F)(F)F)C(=O)CN(C)S(=O)(=O)c1ccc(Br)cc1. The Morgan fingerprint density at radius 1 is 1.22 bits per heavy atom. The van der Waals surface area contributed by atoms with Crippen LogP contribution in [0.3, 0.4) is 0 Å². The number of hydrogen-bond acceptors (Lipinski definition) is 3. The maximum Gasteiger partial charge on any atom is 0.406 e. The Labute approximate surface area is 141 Å². The van der Waals surface area contributed by atoms with E-state index >= 15 is 0 Å². The van der Waals surface area contributed by atoms with Gasteiger partial charge < -0.3 is 4.90 Å². The van der Waals surface area contributed by atoms with Crippen LogP contribution in [0.15, 0.2) is 33.6 Å². The maximum atomic E-state index is 12.4. The summed E-state index contributed by atoms with van der Waals surface area (Å²) in [4.78, 5) is 12.4. The fourth-order valence-corrected chi connectivity index (χ4v) is 3.14. The Bertz CT molecular complexity index is 647. The highest BCUT2D eigenvalue weighted by atomic mass is 79.9. The van der Waals surface area contributed by atoms with Crippen molar-refractivity contribution >= 4 is 31.9 Å². The van der Waals surface area contributed by atoms with Crippen molar-refractivity contribution in [1.29, 1.82) is 0 Å². The van der Waals surface area contributed by atoms with Crippen LogP contribution in [0.25, 0.3) is 0 Å². The first-order chi connectivity index (χ1) is 10.5. The number of hydrogen-bond donors (Lipinski definition) is 0. The zero-order valence-corrected chi connectivity index (χ0v) is 14.9. The topological polar surface area (TPSA) is 57.7 Å². The van der Waals surface area contributed by atoms with E-state index in [1.165, 1.54) is 31.2 Å². The van der Waals surface area contributed by atoms with Crippen LogP contribution >= 0.6 is 15.9 Å². The Morgan fingerprint density at radius 3 is 2.17 bits per heavy atom. The van der Waals surface area contributed by atoms with Gasteiger partial charge in [-0.25, -0.2) is 8.42 Å². The zero-order valence-electron chi connectivity index (χ0n) is 12.5. The summed E-state index contributed by atoms with van der Waals surface area (Å²) < 4.78 is 63.2. The molecule has 0 spiro atoms. The fraction of sp³-hybridized carbons (Fsp3) is 0.462. The lowest BCUT2D eigenvalue weighted by molar-refractivity contribution is -0.160. The molecule has 0 saturated carbocycles. The summed E-state index contributed by atoms with van der Waals surface area (Å²) in [5.74, 6) is -0.909. The predicted molar refractivity (Wildman–Crippen MR) is 82.3 cm³/mol. The van der Waals surface area contributed by atoms with Gasteiger partial charge in [0.15, 0.2) is 0 Å². The smallest absolute Gasteiger partial charge is 0.333 e. The van der Waals surface area contributed by atoms with E-state index in [4.69, 9.17) is 0 Å². The number of nitrogens with zero attached hydrogens (tertiary/aromatic N) is 2. The van der Waals surface area contributed by atoms with Crippen molar-refractivity contribution in [2.24, 2.45) is 0 Å². The number of benzene rings is 1. The molecule has 0 aliphatic carbocycles. The molecule has 1 rings (SSSR count). The van der Waals surface area contributed by atoms with Gasteiger partial charge in [0.05, 0.1) is 11.4 Å². The van der Waals surface area contributed by atoms with Gasteiger partial charge in [0.1, 0.15) is 6.54 Å². The summed E-state index contributed by atoms with van der Waals surface area (Å²) in [7, 11) is -2.80. The third-order valence-corrected chi connectivity index (χ3v) is 5.33. The molecule has 0 N–H and O–H groups in total. The summed E-state index contributed by atoms with van der Waals surface area (Å²) in [5.41, 5.74) is 0. The van der Waals surface area contributed by atoms with E-state index in [0.717, 1.165) is 11.4 Å². The van der Waals surface area contributed by atoms with E-state index in [1.54, 1.807) is 0 Å². The molecule has 130 valence electrons. The van der Waals surface area contributed by atoms with Crippen LogP contribution in [0.4, 0.5) is 13.2 Å². The number of halogens is 4. The number of carbonyl (C=O) groups is 1. The Kier molecular flexibility index (Phi) is 6.60. The molecule has 1 aromatic rings. The summed E-state index contributed by atoms with van der Waals surface area (Å²) in [5, 5.41) is 0. The van der Waals surface area contributed by atoms with Gasteiger partial charge in [-0.05, 0) is 31.2 Å². The standard InChI is InChI=1S/C13H16BrF3N2O3S/c1-3-19(9-13(15,16)17)12(20)8-18(2)23(21,22)11-6-4-10(14)5-7-11/h4-7H,3,8-9H2,1-2H3. The minimum atomic E-state index is -4.53. The van der Waals surface area contributed by atoms with Crippen molar-refractivity contribution in [2.45, 2.75) is 18.0 Å². The Balaban J connectivity index is 2.86. The molecule has 1 amide bonds. The van der Waals surface area contributed by atoms with Gasteiger partial charge in [0, 0.05) is 18.1 Å². The van der Waals surface area contributed by atoms with Crippen LogP contribution in [-0.2, 0) is 14.8 Å². The summed E-state index contributed by atoms with van der Waals surface area (Å²) in [6.45, 7) is -0.839. The van der Waals surface area contributed by atoms with E-state index in [2.05, 4.69) is 15.9 Å². The molecule has 1 aromatic carbocycles. The highest BCUT2D eigenvalue weighted by molar-refractivity contribution is 9.10. The van der Waals surface area contributed by atoms with Crippen molar-refractivity contribution < 1.29 is 26.4 Å². The van der Waals surface area contributed by atoms with E-state index in [-0.39, 0.29) is 11.4 Å². The quantitative estimate of drug-likeness (QED) is 0.715. The molecule has 0 saturated heterocycles. The van der Waals surface area contributed by atoms with E-state index in [1.807, 2.05) is 0 Å². The first kappa shape index (κ1) is 19.9. The Hall–Kier alpha value is -1.13. The third-order valence-electron chi connectivity index (χ3n) is 2.98. The fourth-order valence-electron chi connectivity index (χ4n) is 1.75. The summed E-state index contributed by atoms with van der Waals surface area (Å²) >= 11 is 3.17. The van der Waals surface area contributed by atoms with Crippen LogP contribution < -0.4 is 0 Å². The number of rotatable bonds is 6. The van der Waals surface area contributed by atoms with Crippen LogP contribution in [-0.4, -0.2) is 56.4 Å². The van der Waals surface area contributed by atoms with Crippen LogP contribution in [0, 0.1) is 0 Å². The largest absolute Gasteiger partial charge is 0.406 e. The predicted octanol–water partition coefficient (Wildman–Crippen LogP) is 2.48. The molecule has 0 atom stereocenters. The van der Waals surface area contributed by atoms with Gasteiger partial charge in [0.2, 0.25) is 15.9 Å². The van der Waals surface area contributed by atoms with E-state index in [9.17, 15) is 26.4 Å². The van der Waals surface area contributed by atoms with Crippen LogP contribution in [0.2, 0.25) is 0 Å². The van der Waals surface area contributed by atoms with Gasteiger partial charge in [0.25, 0.3) is 0 Å². The summed E-state index contributed by atoms with van der Waals surface area (Å²) in [6.07, 6.45) is -4.53. The van der Waals surface area contributed by atoms with Gasteiger partial charge >= 0.3 is 6.18 Å². The highest BCUT2D eigenvalue weighted by Gasteiger charge is 2.33. The van der Waals surface area contributed by atoms with Gasteiger partial charge in [-0.3, -0.25) is 4.79 Å². The summed E-state index contributed by atoms with van der Waals surface area (Å²) in [6, 6.07) is 5.72. The van der Waals surface area contributed by atoms with Gasteiger partial charge in [-0.2, -0.15) is 17.5 Å².